The Balaban J connectivity index is 1.75. The molecule has 0 aliphatic heterocycles. The van der Waals surface area contributed by atoms with Crippen molar-refractivity contribution in [1.82, 2.24) is 0 Å². The van der Waals surface area contributed by atoms with E-state index in [-0.39, 0.29) is 34.7 Å². The molecule has 0 saturated heterocycles. The number of fused-ring (bicyclic) bond motifs is 5. The summed E-state index contributed by atoms with van der Waals surface area (Å²) in [6.07, 6.45) is 7.83. The lowest BCUT2D eigenvalue weighted by Crippen LogP contribution is -2.54. The molecule has 0 heterocycles. The van der Waals surface area contributed by atoms with Crippen LogP contribution in [-0.4, -0.2) is 28.2 Å². The van der Waals surface area contributed by atoms with Crippen LogP contribution in [-0.2, 0) is 4.79 Å². The Morgan fingerprint density at radius 3 is 2.59 bits per heavy atom. The molecule has 3 heteroatoms. The highest BCUT2D eigenvalue weighted by molar-refractivity contribution is 5.94. The van der Waals surface area contributed by atoms with E-state index < -0.39 is 0 Å². The van der Waals surface area contributed by atoms with Crippen molar-refractivity contribution in [3.8, 4) is 0 Å². The molecule has 122 valence electrons. The van der Waals surface area contributed by atoms with Crippen LogP contribution in [0.15, 0.2) is 11.6 Å². The Morgan fingerprint density at radius 1 is 1.05 bits per heavy atom. The predicted octanol–water partition coefficient (Wildman–Crippen LogP) is 2.85. The Hall–Kier alpha value is -0.670. The summed E-state index contributed by atoms with van der Waals surface area (Å²) < 4.78 is 0. The van der Waals surface area contributed by atoms with Gasteiger partial charge in [0.05, 0.1) is 12.2 Å². The fourth-order valence-corrected chi connectivity index (χ4v) is 6.36. The topological polar surface area (TPSA) is 57.5 Å². The summed E-state index contributed by atoms with van der Waals surface area (Å²) in [6.45, 7) is 4.52. The van der Waals surface area contributed by atoms with Crippen LogP contribution in [0.3, 0.4) is 0 Å². The maximum absolute atomic E-state index is 12.9. The van der Waals surface area contributed by atoms with Gasteiger partial charge in [0.2, 0.25) is 0 Å². The van der Waals surface area contributed by atoms with Gasteiger partial charge in [-0.25, -0.2) is 0 Å². The van der Waals surface area contributed by atoms with Gasteiger partial charge in [-0.1, -0.05) is 19.4 Å². The van der Waals surface area contributed by atoms with Crippen molar-refractivity contribution >= 4 is 5.78 Å². The monoisotopic (exact) mass is 304 g/mol. The van der Waals surface area contributed by atoms with Gasteiger partial charge in [-0.2, -0.15) is 0 Å². The van der Waals surface area contributed by atoms with Crippen LogP contribution in [0.1, 0.15) is 58.8 Å². The zero-order chi connectivity index (χ0) is 15.7. The van der Waals surface area contributed by atoms with Crippen LogP contribution < -0.4 is 0 Å². The van der Waals surface area contributed by atoms with E-state index in [0.29, 0.717) is 18.3 Å². The van der Waals surface area contributed by atoms with Crippen molar-refractivity contribution < 1.29 is 15.0 Å². The van der Waals surface area contributed by atoms with Crippen LogP contribution in [0.2, 0.25) is 0 Å². The molecule has 2 N–H and O–H groups in total. The second kappa shape index (κ2) is 4.67. The summed E-state index contributed by atoms with van der Waals surface area (Å²) in [7, 11) is 0. The number of carbonyl (C=O) groups excluding carboxylic acids is 1. The first-order chi connectivity index (χ1) is 10.4. The molecular formula is C19H28O3. The maximum Gasteiger partial charge on any atom is 0.159 e. The van der Waals surface area contributed by atoms with Gasteiger partial charge < -0.3 is 10.2 Å². The number of aliphatic hydroxyl groups is 2. The van der Waals surface area contributed by atoms with E-state index in [0.717, 1.165) is 38.5 Å². The SMILES string of the molecule is CC12CCC(O)CC1=CC(=O)C1C2CCC2(C)C(O)CCC12. The Bertz CT molecular complexity index is 539. The highest BCUT2D eigenvalue weighted by Crippen LogP contribution is 2.63. The molecule has 0 spiro atoms. The Labute approximate surface area is 132 Å². The van der Waals surface area contributed by atoms with Crippen molar-refractivity contribution in [1.29, 1.82) is 0 Å². The summed E-state index contributed by atoms with van der Waals surface area (Å²) in [5, 5.41) is 20.4. The molecule has 3 fully saturated rings. The van der Waals surface area contributed by atoms with Gasteiger partial charge in [0, 0.05) is 5.92 Å². The van der Waals surface area contributed by atoms with Gasteiger partial charge >= 0.3 is 0 Å². The third-order valence-corrected chi connectivity index (χ3v) is 7.87. The molecule has 0 radical (unpaired) electrons. The lowest BCUT2D eigenvalue weighted by Gasteiger charge is -2.56. The molecule has 3 saturated carbocycles. The van der Waals surface area contributed by atoms with E-state index in [9.17, 15) is 15.0 Å². The molecule has 0 aromatic carbocycles. The molecule has 4 rings (SSSR count). The first kappa shape index (κ1) is 14.9. The molecule has 0 amide bonds. The van der Waals surface area contributed by atoms with Crippen LogP contribution in [0.4, 0.5) is 0 Å². The quantitative estimate of drug-likeness (QED) is 0.723. The normalized spacial score (nSPS) is 54.3. The number of hydrogen-bond acceptors (Lipinski definition) is 3. The molecule has 4 aliphatic rings. The molecule has 7 atom stereocenters. The number of hydrogen-bond donors (Lipinski definition) is 2. The predicted molar refractivity (Wildman–Crippen MR) is 84.1 cm³/mol. The minimum atomic E-state index is -0.272. The van der Waals surface area contributed by atoms with Gasteiger partial charge in [0.15, 0.2) is 5.78 Å². The number of aliphatic hydroxyl groups excluding tert-OH is 2. The van der Waals surface area contributed by atoms with Gasteiger partial charge in [-0.3, -0.25) is 4.79 Å². The summed E-state index contributed by atoms with van der Waals surface area (Å²) in [6, 6.07) is 0. The van der Waals surface area contributed by atoms with Crippen LogP contribution in [0.5, 0.6) is 0 Å². The smallest absolute Gasteiger partial charge is 0.159 e. The second-order valence-electron chi connectivity index (χ2n) is 8.76. The maximum atomic E-state index is 12.9. The zero-order valence-electron chi connectivity index (χ0n) is 13.7. The van der Waals surface area contributed by atoms with Gasteiger partial charge in [-0.15, -0.1) is 0 Å². The van der Waals surface area contributed by atoms with Crippen LogP contribution >= 0.6 is 0 Å². The average Bonchev–Trinajstić information content (AvgIpc) is 2.77. The van der Waals surface area contributed by atoms with Crippen molar-refractivity contribution in [3.63, 3.8) is 0 Å². The minimum Gasteiger partial charge on any atom is -0.393 e. The van der Waals surface area contributed by atoms with E-state index in [1.54, 1.807) is 0 Å². The summed E-state index contributed by atoms with van der Waals surface area (Å²) in [4.78, 5) is 12.9. The first-order valence-electron chi connectivity index (χ1n) is 8.97. The van der Waals surface area contributed by atoms with Crippen molar-refractivity contribution in [3.05, 3.63) is 11.6 Å². The zero-order valence-corrected chi connectivity index (χ0v) is 13.7. The summed E-state index contributed by atoms with van der Waals surface area (Å²) in [5.41, 5.74) is 1.22. The average molecular weight is 304 g/mol. The van der Waals surface area contributed by atoms with E-state index in [1.165, 1.54) is 5.57 Å². The third kappa shape index (κ3) is 1.78. The Kier molecular flexibility index (Phi) is 3.16. The van der Waals surface area contributed by atoms with Crippen LogP contribution in [0.25, 0.3) is 0 Å². The summed E-state index contributed by atoms with van der Waals surface area (Å²) >= 11 is 0. The van der Waals surface area contributed by atoms with E-state index in [1.807, 2.05) is 6.08 Å². The number of rotatable bonds is 0. The highest BCUT2D eigenvalue weighted by atomic mass is 16.3. The molecule has 3 nitrogen and oxygen atoms in total. The molecule has 0 aromatic heterocycles. The molecular weight excluding hydrogens is 276 g/mol. The van der Waals surface area contributed by atoms with E-state index >= 15 is 0 Å². The molecule has 0 bridgehead atoms. The second-order valence-corrected chi connectivity index (χ2v) is 8.76. The Morgan fingerprint density at radius 2 is 1.82 bits per heavy atom. The van der Waals surface area contributed by atoms with Crippen LogP contribution in [0, 0.1) is 28.6 Å². The number of carbonyl (C=O) groups is 1. The molecule has 4 aliphatic carbocycles. The van der Waals surface area contributed by atoms with Gasteiger partial charge in [0.25, 0.3) is 0 Å². The molecule has 0 aromatic rings. The fraction of sp³-hybridized carbons (Fsp3) is 0.842. The highest BCUT2D eigenvalue weighted by Gasteiger charge is 2.60. The lowest BCUT2D eigenvalue weighted by atomic mass is 9.47. The standard InChI is InChI=1S/C19H28O3/c1-18-7-5-12(20)9-11(18)10-15(21)17-13-3-4-16(22)19(13,2)8-6-14(17)18/h10,12-14,16-17,20,22H,3-9H2,1-2H3. The minimum absolute atomic E-state index is 0.0628. The third-order valence-electron chi connectivity index (χ3n) is 7.87. The molecule has 22 heavy (non-hydrogen) atoms. The fourth-order valence-electron chi connectivity index (χ4n) is 6.36. The van der Waals surface area contributed by atoms with E-state index in [4.69, 9.17) is 0 Å². The van der Waals surface area contributed by atoms with Gasteiger partial charge in [-0.05, 0) is 73.7 Å². The van der Waals surface area contributed by atoms with Crippen molar-refractivity contribution in [2.75, 3.05) is 0 Å². The molecule has 7 unspecified atom stereocenters. The van der Waals surface area contributed by atoms with E-state index in [2.05, 4.69) is 13.8 Å². The number of allylic oxidation sites excluding steroid dienone is 1. The first-order valence-corrected chi connectivity index (χ1v) is 8.97. The number of ketones is 1. The largest absolute Gasteiger partial charge is 0.393 e. The van der Waals surface area contributed by atoms with Crippen molar-refractivity contribution in [2.45, 2.75) is 71.0 Å². The van der Waals surface area contributed by atoms with Gasteiger partial charge in [0.1, 0.15) is 0 Å². The van der Waals surface area contributed by atoms with Crippen molar-refractivity contribution in [2.24, 2.45) is 28.6 Å². The summed E-state index contributed by atoms with van der Waals surface area (Å²) in [5.74, 6) is 1.13. The lowest BCUT2D eigenvalue weighted by molar-refractivity contribution is -0.136.